The van der Waals surface area contributed by atoms with E-state index in [-0.39, 0.29) is 0 Å². The van der Waals surface area contributed by atoms with Gasteiger partial charge in [-0.05, 0) is 53.9 Å². The summed E-state index contributed by atoms with van der Waals surface area (Å²) in [7, 11) is 0. The fourth-order valence-corrected chi connectivity index (χ4v) is 2.92. The van der Waals surface area contributed by atoms with E-state index in [9.17, 15) is 0 Å². The van der Waals surface area contributed by atoms with Crippen LogP contribution in [0.15, 0.2) is 78.0 Å². The summed E-state index contributed by atoms with van der Waals surface area (Å²) >= 11 is 5.26. The summed E-state index contributed by atoms with van der Waals surface area (Å²) in [6, 6.07) is 22.6. The van der Waals surface area contributed by atoms with E-state index in [0.717, 1.165) is 35.3 Å². The molecule has 0 spiro atoms. The van der Waals surface area contributed by atoms with E-state index in [1.165, 1.54) is 5.56 Å². The van der Waals surface area contributed by atoms with E-state index in [4.69, 9.17) is 12.2 Å². The molecule has 0 bridgehead atoms. The van der Waals surface area contributed by atoms with Crippen LogP contribution in [0.5, 0.6) is 0 Å². The van der Waals surface area contributed by atoms with Crippen LogP contribution < -0.4 is 10.7 Å². The molecule has 0 saturated heterocycles. The van der Waals surface area contributed by atoms with Crippen molar-refractivity contribution in [2.24, 2.45) is 5.10 Å². The van der Waals surface area contributed by atoms with Crippen LogP contribution >= 0.6 is 12.2 Å². The van der Waals surface area contributed by atoms with Crippen molar-refractivity contribution < 1.29 is 0 Å². The molecule has 136 valence electrons. The normalized spacial score (nSPS) is 10.7. The van der Waals surface area contributed by atoms with Crippen molar-refractivity contribution in [1.29, 1.82) is 0 Å². The maximum Gasteiger partial charge on any atom is 0.186 e. The predicted octanol–water partition coefficient (Wildman–Crippen LogP) is 4.10. The van der Waals surface area contributed by atoms with Gasteiger partial charge in [0.15, 0.2) is 5.11 Å². The minimum absolute atomic E-state index is 0.499. The summed E-state index contributed by atoms with van der Waals surface area (Å²) < 4.78 is 0. The van der Waals surface area contributed by atoms with Gasteiger partial charge in [0.05, 0.1) is 11.9 Å². The molecule has 3 rings (SSSR count). The summed E-state index contributed by atoms with van der Waals surface area (Å²) in [5.41, 5.74) is 8.34. The van der Waals surface area contributed by atoms with E-state index in [2.05, 4.69) is 45.1 Å². The Labute approximate surface area is 165 Å². The molecule has 0 radical (unpaired) electrons. The molecule has 3 aromatic rings. The molecule has 0 amide bonds. The topological polar surface area (TPSA) is 49.3 Å². The molecule has 2 aromatic carbocycles. The minimum Gasteiger partial charge on any atom is -0.361 e. The Balaban J connectivity index is 1.54. The van der Waals surface area contributed by atoms with Crippen LogP contribution in [0.2, 0.25) is 0 Å². The van der Waals surface area contributed by atoms with E-state index in [1.807, 2.05) is 49.4 Å². The molecular formula is C22H22N4S. The van der Waals surface area contributed by atoms with Crippen molar-refractivity contribution in [2.75, 3.05) is 6.54 Å². The minimum atomic E-state index is 0.499. The zero-order valence-corrected chi connectivity index (χ0v) is 16.0. The first-order valence-corrected chi connectivity index (χ1v) is 9.27. The van der Waals surface area contributed by atoms with Crippen LogP contribution in [0.25, 0.3) is 11.1 Å². The molecular weight excluding hydrogens is 352 g/mol. The second kappa shape index (κ2) is 9.59. The van der Waals surface area contributed by atoms with Crippen LogP contribution in [-0.4, -0.2) is 22.9 Å². The molecule has 0 atom stereocenters. The standard InChI is InChI=1S/C22H22N4S/c1-17-20(19-10-6-3-7-11-19)13-15-23-21(17)16-25-26-22(27)24-14-12-18-8-4-2-5-9-18/h2-11,13,15-16H,12,14H2,1H3,(H2,24,26,27). The number of aromatic nitrogens is 1. The number of thiocarbonyl (C=S) groups is 1. The van der Waals surface area contributed by atoms with E-state index in [1.54, 1.807) is 12.4 Å². The molecule has 2 N–H and O–H groups in total. The number of nitrogens with one attached hydrogen (secondary N) is 2. The van der Waals surface area contributed by atoms with Crippen LogP contribution in [0.4, 0.5) is 0 Å². The second-order valence-corrected chi connectivity index (χ2v) is 6.50. The monoisotopic (exact) mass is 374 g/mol. The van der Waals surface area contributed by atoms with Gasteiger partial charge in [0, 0.05) is 12.7 Å². The van der Waals surface area contributed by atoms with Gasteiger partial charge in [-0.15, -0.1) is 0 Å². The molecule has 0 aliphatic rings. The van der Waals surface area contributed by atoms with Crippen molar-refractivity contribution in [3.05, 3.63) is 89.7 Å². The third kappa shape index (κ3) is 5.46. The summed E-state index contributed by atoms with van der Waals surface area (Å²) in [6.07, 6.45) is 4.41. The highest BCUT2D eigenvalue weighted by molar-refractivity contribution is 7.80. The third-order valence-corrected chi connectivity index (χ3v) is 4.46. The van der Waals surface area contributed by atoms with Gasteiger partial charge in [0.25, 0.3) is 0 Å². The molecule has 27 heavy (non-hydrogen) atoms. The number of hydrogen-bond acceptors (Lipinski definition) is 3. The third-order valence-electron chi connectivity index (χ3n) is 4.22. The lowest BCUT2D eigenvalue weighted by Gasteiger charge is -2.09. The summed E-state index contributed by atoms with van der Waals surface area (Å²) in [5.74, 6) is 0. The van der Waals surface area contributed by atoms with Crippen LogP contribution in [0, 0.1) is 6.92 Å². The molecule has 0 saturated carbocycles. The Morgan fingerprint density at radius 2 is 1.74 bits per heavy atom. The second-order valence-electron chi connectivity index (χ2n) is 6.10. The molecule has 1 heterocycles. The molecule has 4 nitrogen and oxygen atoms in total. The zero-order chi connectivity index (χ0) is 18.9. The first kappa shape index (κ1) is 18.7. The highest BCUT2D eigenvalue weighted by Crippen LogP contribution is 2.23. The molecule has 0 aliphatic heterocycles. The van der Waals surface area contributed by atoms with Gasteiger partial charge >= 0.3 is 0 Å². The quantitative estimate of drug-likeness (QED) is 0.387. The van der Waals surface area contributed by atoms with Gasteiger partial charge in [-0.25, -0.2) is 0 Å². The number of hydrogen-bond donors (Lipinski definition) is 2. The van der Waals surface area contributed by atoms with Crippen molar-refractivity contribution in [3.63, 3.8) is 0 Å². The van der Waals surface area contributed by atoms with Crippen molar-refractivity contribution >= 4 is 23.5 Å². The number of rotatable bonds is 6. The molecule has 0 aliphatic carbocycles. The maximum atomic E-state index is 5.26. The SMILES string of the molecule is Cc1c(-c2ccccc2)ccnc1C=NNC(=S)NCCc1ccccc1. The van der Waals surface area contributed by atoms with E-state index in [0.29, 0.717) is 5.11 Å². The zero-order valence-electron chi connectivity index (χ0n) is 15.2. The lowest BCUT2D eigenvalue weighted by Crippen LogP contribution is -2.33. The van der Waals surface area contributed by atoms with Crippen molar-refractivity contribution in [1.82, 2.24) is 15.7 Å². The highest BCUT2D eigenvalue weighted by atomic mass is 32.1. The van der Waals surface area contributed by atoms with Crippen molar-refractivity contribution in [3.8, 4) is 11.1 Å². The Hall–Kier alpha value is -3.05. The van der Waals surface area contributed by atoms with Gasteiger partial charge < -0.3 is 5.32 Å². The molecule has 0 unspecified atom stereocenters. The van der Waals surface area contributed by atoms with Gasteiger partial charge in [0.2, 0.25) is 0 Å². The number of benzene rings is 2. The smallest absolute Gasteiger partial charge is 0.186 e. The highest BCUT2D eigenvalue weighted by Gasteiger charge is 2.05. The van der Waals surface area contributed by atoms with Crippen LogP contribution in [-0.2, 0) is 6.42 Å². The number of hydrazone groups is 1. The summed E-state index contributed by atoms with van der Waals surface area (Å²) in [6.45, 7) is 2.80. The summed E-state index contributed by atoms with van der Waals surface area (Å²) in [5, 5.41) is 7.88. The van der Waals surface area contributed by atoms with Gasteiger partial charge in [0.1, 0.15) is 0 Å². The lowest BCUT2D eigenvalue weighted by molar-refractivity contribution is 0.837. The molecule has 0 fully saturated rings. The Morgan fingerprint density at radius 3 is 2.48 bits per heavy atom. The van der Waals surface area contributed by atoms with Crippen LogP contribution in [0.1, 0.15) is 16.8 Å². The maximum absolute atomic E-state index is 5.26. The average molecular weight is 375 g/mol. The fraction of sp³-hybridized carbons (Fsp3) is 0.136. The van der Waals surface area contributed by atoms with Crippen molar-refractivity contribution in [2.45, 2.75) is 13.3 Å². The number of nitrogens with zero attached hydrogens (tertiary/aromatic N) is 2. The van der Waals surface area contributed by atoms with E-state index >= 15 is 0 Å². The summed E-state index contributed by atoms with van der Waals surface area (Å²) in [4.78, 5) is 4.41. The lowest BCUT2D eigenvalue weighted by atomic mass is 10.0. The van der Waals surface area contributed by atoms with Gasteiger partial charge in [-0.2, -0.15) is 5.10 Å². The molecule has 5 heteroatoms. The first-order valence-electron chi connectivity index (χ1n) is 8.86. The van der Waals surface area contributed by atoms with Gasteiger partial charge in [-0.3, -0.25) is 10.4 Å². The first-order chi connectivity index (χ1) is 13.2. The average Bonchev–Trinajstić information content (AvgIpc) is 2.71. The Bertz CT molecular complexity index is 908. The fourth-order valence-electron chi connectivity index (χ4n) is 2.77. The van der Waals surface area contributed by atoms with Crippen LogP contribution in [0.3, 0.4) is 0 Å². The van der Waals surface area contributed by atoms with E-state index < -0.39 is 0 Å². The Morgan fingerprint density at radius 1 is 1.04 bits per heavy atom. The van der Waals surface area contributed by atoms with Gasteiger partial charge in [-0.1, -0.05) is 60.7 Å². The predicted molar refractivity (Wildman–Crippen MR) is 116 cm³/mol. The Kier molecular flexibility index (Phi) is 6.66. The molecule has 1 aromatic heterocycles. The number of pyridine rings is 1. The largest absolute Gasteiger partial charge is 0.361 e.